The number of rotatable bonds is 4. The smallest absolute Gasteiger partial charge is 0.145 e. The molecule has 0 aliphatic carbocycles. The first-order chi connectivity index (χ1) is 7.85. The topological polar surface area (TPSA) is 62.8 Å². The Hall–Kier alpha value is -1.88. The number of aromatic amines is 1. The van der Waals surface area contributed by atoms with E-state index >= 15 is 0 Å². The summed E-state index contributed by atoms with van der Waals surface area (Å²) in [6, 6.07) is 7.88. The SMILES string of the molecule is CNC(c1ccc(OC)cc1)c1ncn[nH]1. The Kier molecular flexibility index (Phi) is 3.16. The predicted molar refractivity (Wildman–Crippen MR) is 60.3 cm³/mol. The van der Waals surface area contributed by atoms with Crippen molar-refractivity contribution in [3.63, 3.8) is 0 Å². The molecule has 1 atom stereocenters. The molecule has 0 bridgehead atoms. The third kappa shape index (κ3) is 2.04. The van der Waals surface area contributed by atoms with Crippen molar-refractivity contribution in [3.8, 4) is 5.75 Å². The Labute approximate surface area is 93.9 Å². The van der Waals surface area contributed by atoms with Gasteiger partial charge in [-0.1, -0.05) is 12.1 Å². The van der Waals surface area contributed by atoms with Gasteiger partial charge in [0.1, 0.15) is 17.9 Å². The van der Waals surface area contributed by atoms with E-state index in [2.05, 4.69) is 20.5 Å². The van der Waals surface area contributed by atoms with Gasteiger partial charge in [0.05, 0.1) is 13.2 Å². The van der Waals surface area contributed by atoms with E-state index in [0.717, 1.165) is 17.1 Å². The normalized spacial score (nSPS) is 12.4. The highest BCUT2D eigenvalue weighted by atomic mass is 16.5. The standard InChI is InChI=1S/C11H14N4O/c1-12-10(11-13-7-14-15-11)8-3-5-9(16-2)6-4-8/h3-7,10,12H,1-2H3,(H,13,14,15). The molecule has 16 heavy (non-hydrogen) atoms. The summed E-state index contributed by atoms with van der Waals surface area (Å²) in [7, 11) is 3.54. The van der Waals surface area contributed by atoms with E-state index in [1.165, 1.54) is 6.33 Å². The maximum absolute atomic E-state index is 5.12. The molecule has 0 fully saturated rings. The lowest BCUT2D eigenvalue weighted by molar-refractivity contribution is 0.414. The van der Waals surface area contributed by atoms with Crippen LogP contribution >= 0.6 is 0 Å². The number of nitrogens with zero attached hydrogens (tertiary/aromatic N) is 2. The van der Waals surface area contributed by atoms with Gasteiger partial charge in [0.25, 0.3) is 0 Å². The molecule has 1 unspecified atom stereocenters. The minimum absolute atomic E-state index is 0.0217. The summed E-state index contributed by atoms with van der Waals surface area (Å²) in [6.07, 6.45) is 1.50. The number of benzene rings is 1. The number of nitrogens with one attached hydrogen (secondary N) is 2. The van der Waals surface area contributed by atoms with Crippen LogP contribution in [0.2, 0.25) is 0 Å². The molecule has 0 saturated carbocycles. The molecule has 1 aromatic carbocycles. The van der Waals surface area contributed by atoms with Gasteiger partial charge in [-0.15, -0.1) is 0 Å². The number of ether oxygens (including phenoxy) is 1. The average molecular weight is 218 g/mol. The summed E-state index contributed by atoms with van der Waals surface area (Å²) in [6.45, 7) is 0. The molecule has 0 radical (unpaired) electrons. The van der Waals surface area contributed by atoms with Crippen LogP contribution in [0.25, 0.3) is 0 Å². The first-order valence-corrected chi connectivity index (χ1v) is 5.01. The van der Waals surface area contributed by atoms with E-state index in [1.54, 1.807) is 7.11 Å². The third-order valence-electron chi connectivity index (χ3n) is 2.44. The maximum atomic E-state index is 5.12. The highest BCUT2D eigenvalue weighted by Gasteiger charge is 2.14. The number of hydrogen-bond acceptors (Lipinski definition) is 4. The van der Waals surface area contributed by atoms with Crippen molar-refractivity contribution in [3.05, 3.63) is 42.0 Å². The van der Waals surface area contributed by atoms with E-state index in [4.69, 9.17) is 4.74 Å². The zero-order chi connectivity index (χ0) is 11.4. The Morgan fingerprint density at radius 2 is 2.06 bits per heavy atom. The predicted octanol–water partition coefficient (Wildman–Crippen LogP) is 1.12. The molecule has 2 N–H and O–H groups in total. The van der Waals surface area contributed by atoms with Crippen LogP contribution in [0.1, 0.15) is 17.4 Å². The van der Waals surface area contributed by atoms with Crippen molar-refractivity contribution in [2.45, 2.75) is 6.04 Å². The van der Waals surface area contributed by atoms with Gasteiger partial charge in [-0.2, -0.15) is 5.10 Å². The minimum Gasteiger partial charge on any atom is -0.497 e. The summed E-state index contributed by atoms with van der Waals surface area (Å²) in [4.78, 5) is 4.15. The molecule has 5 heteroatoms. The molecule has 5 nitrogen and oxygen atoms in total. The fraction of sp³-hybridized carbons (Fsp3) is 0.273. The molecule has 1 aromatic heterocycles. The van der Waals surface area contributed by atoms with E-state index in [-0.39, 0.29) is 6.04 Å². The van der Waals surface area contributed by atoms with Crippen LogP contribution in [0.3, 0.4) is 0 Å². The molecule has 0 aliphatic rings. The molecule has 0 saturated heterocycles. The van der Waals surface area contributed by atoms with Crippen LogP contribution < -0.4 is 10.1 Å². The van der Waals surface area contributed by atoms with Gasteiger partial charge in [0, 0.05) is 0 Å². The molecular weight excluding hydrogens is 204 g/mol. The van der Waals surface area contributed by atoms with Crippen LogP contribution in [0, 0.1) is 0 Å². The van der Waals surface area contributed by atoms with Crippen LogP contribution in [0.15, 0.2) is 30.6 Å². The minimum atomic E-state index is 0.0217. The highest BCUT2D eigenvalue weighted by molar-refractivity contribution is 5.31. The van der Waals surface area contributed by atoms with Crippen molar-refractivity contribution < 1.29 is 4.74 Å². The Morgan fingerprint density at radius 3 is 2.56 bits per heavy atom. The fourth-order valence-corrected chi connectivity index (χ4v) is 1.61. The Balaban J connectivity index is 2.27. The van der Waals surface area contributed by atoms with Gasteiger partial charge >= 0.3 is 0 Å². The monoisotopic (exact) mass is 218 g/mol. The first kappa shape index (κ1) is 10.6. The Morgan fingerprint density at radius 1 is 1.31 bits per heavy atom. The average Bonchev–Trinajstić information content (AvgIpc) is 2.85. The lowest BCUT2D eigenvalue weighted by atomic mass is 10.1. The van der Waals surface area contributed by atoms with Gasteiger partial charge < -0.3 is 10.1 Å². The van der Waals surface area contributed by atoms with Crippen LogP contribution in [-0.2, 0) is 0 Å². The van der Waals surface area contributed by atoms with Crippen molar-refractivity contribution >= 4 is 0 Å². The molecule has 0 aliphatic heterocycles. The maximum Gasteiger partial charge on any atom is 0.145 e. The van der Waals surface area contributed by atoms with Gasteiger partial charge in [-0.3, -0.25) is 5.10 Å². The summed E-state index contributed by atoms with van der Waals surface area (Å²) < 4.78 is 5.12. The van der Waals surface area contributed by atoms with Gasteiger partial charge in [0.2, 0.25) is 0 Å². The van der Waals surface area contributed by atoms with Gasteiger partial charge in [0.15, 0.2) is 0 Å². The molecule has 1 heterocycles. The quantitative estimate of drug-likeness (QED) is 0.807. The summed E-state index contributed by atoms with van der Waals surface area (Å²) in [5.74, 6) is 1.64. The molecule has 2 rings (SSSR count). The number of H-pyrrole nitrogens is 1. The van der Waals surface area contributed by atoms with E-state index in [1.807, 2.05) is 31.3 Å². The number of methoxy groups -OCH3 is 1. The highest BCUT2D eigenvalue weighted by Crippen LogP contribution is 2.20. The van der Waals surface area contributed by atoms with E-state index in [0.29, 0.717) is 0 Å². The van der Waals surface area contributed by atoms with Crippen LogP contribution in [0.4, 0.5) is 0 Å². The summed E-state index contributed by atoms with van der Waals surface area (Å²) >= 11 is 0. The number of hydrogen-bond donors (Lipinski definition) is 2. The lowest BCUT2D eigenvalue weighted by Crippen LogP contribution is -2.18. The van der Waals surface area contributed by atoms with Crippen molar-refractivity contribution in [1.29, 1.82) is 0 Å². The summed E-state index contributed by atoms with van der Waals surface area (Å²) in [5.41, 5.74) is 1.11. The third-order valence-corrected chi connectivity index (χ3v) is 2.44. The second kappa shape index (κ2) is 4.76. The first-order valence-electron chi connectivity index (χ1n) is 5.01. The lowest BCUT2D eigenvalue weighted by Gasteiger charge is -2.13. The second-order valence-corrected chi connectivity index (χ2v) is 3.37. The molecule has 2 aromatic rings. The van der Waals surface area contributed by atoms with E-state index < -0.39 is 0 Å². The largest absolute Gasteiger partial charge is 0.497 e. The zero-order valence-electron chi connectivity index (χ0n) is 9.27. The van der Waals surface area contributed by atoms with Crippen LogP contribution in [0.5, 0.6) is 5.75 Å². The van der Waals surface area contributed by atoms with Crippen molar-refractivity contribution in [2.75, 3.05) is 14.2 Å². The molecule has 84 valence electrons. The van der Waals surface area contributed by atoms with Gasteiger partial charge in [-0.05, 0) is 24.7 Å². The second-order valence-electron chi connectivity index (χ2n) is 3.37. The summed E-state index contributed by atoms with van der Waals surface area (Å²) in [5, 5.41) is 9.89. The van der Waals surface area contributed by atoms with Crippen LogP contribution in [-0.4, -0.2) is 29.3 Å². The molecule has 0 spiro atoms. The van der Waals surface area contributed by atoms with Gasteiger partial charge in [-0.25, -0.2) is 4.98 Å². The number of aromatic nitrogens is 3. The Bertz CT molecular complexity index is 424. The van der Waals surface area contributed by atoms with E-state index in [9.17, 15) is 0 Å². The fourth-order valence-electron chi connectivity index (χ4n) is 1.61. The zero-order valence-corrected chi connectivity index (χ0v) is 9.27. The molecule has 0 amide bonds. The van der Waals surface area contributed by atoms with Crippen molar-refractivity contribution in [1.82, 2.24) is 20.5 Å². The molecular formula is C11H14N4O. The van der Waals surface area contributed by atoms with Crippen molar-refractivity contribution in [2.24, 2.45) is 0 Å².